The number of carbonyl (C=O) groups excluding carboxylic acids is 2. The Labute approximate surface area is 205 Å². The number of hydrogen-bond donors (Lipinski definition) is 3. The molecule has 4 aromatic rings. The first-order chi connectivity index (χ1) is 17.6. The summed E-state index contributed by atoms with van der Waals surface area (Å²) >= 11 is 0. The molecule has 3 aromatic heterocycles. The van der Waals surface area contributed by atoms with Gasteiger partial charge in [0, 0.05) is 23.9 Å². The molecule has 0 fully saturated rings. The average molecular weight is 518 g/mol. The second kappa shape index (κ2) is 10.2. The molecule has 37 heavy (non-hydrogen) atoms. The van der Waals surface area contributed by atoms with Gasteiger partial charge in [0.25, 0.3) is 11.8 Å². The summed E-state index contributed by atoms with van der Waals surface area (Å²) in [6.07, 6.45) is -1.86. The summed E-state index contributed by atoms with van der Waals surface area (Å²) in [7, 11) is 1.28. The number of halogens is 4. The number of aromatic nitrogens is 4. The van der Waals surface area contributed by atoms with Crippen molar-refractivity contribution in [1.29, 1.82) is 0 Å². The van der Waals surface area contributed by atoms with Crippen LogP contribution in [0, 0.1) is 5.82 Å². The lowest BCUT2D eigenvalue weighted by molar-refractivity contribution is -0.137. The number of benzene rings is 1. The number of amides is 2. The molecule has 0 bridgehead atoms. The number of pyridine rings is 1. The fourth-order valence-corrected chi connectivity index (χ4v) is 3.35. The van der Waals surface area contributed by atoms with Gasteiger partial charge in [0.15, 0.2) is 11.5 Å². The Morgan fingerprint density at radius 2 is 1.95 bits per heavy atom. The number of hydrogen-bond acceptors (Lipinski definition) is 7. The number of carbonyl (C=O) groups is 2. The summed E-state index contributed by atoms with van der Waals surface area (Å²) in [5.41, 5.74) is -0.317. The number of nitrogens with one attached hydrogen (secondary N) is 2. The Bertz CT molecular complexity index is 1490. The molecule has 0 atom stereocenters. The van der Waals surface area contributed by atoms with Gasteiger partial charge in [-0.1, -0.05) is 0 Å². The van der Waals surface area contributed by atoms with E-state index in [-0.39, 0.29) is 22.8 Å². The van der Waals surface area contributed by atoms with Crippen LogP contribution in [-0.4, -0.2) is 50.2 Å². The number of anilines is 1. The van der Waals surface area contributed by atoms with E-state index in [1.165, 1.54) is 30.1 Å². The fraction of sp³-hybridized carbons (Fsp3) is 0.174. The number of imidazole rings is 1. The Morgan fingerprint density at radius 1 is 1.16 bits per heavy atom. The van der Waals surface area contributed by atoms with Gasteiger partial charge in [0.1, 0.15) is 18.0 Å². The summed E-state index contributed by atoms with van der Waals surface area (Å²) in [4.78, 5) is 32.5. The third kappa shape index (κ3) is 5.64. The minimum Gasteiger partial charge on any atom is -0.480 e. The predicted octanol–water partition coefficient (Wildman–Crippen LogP) is 2.82. The molecule has 10 nitrogen and oxygen atoms in total. The standard InChI is InChI=1S/C23H18F4N6O4/c1-37-22-15(21(36)28-8-12-6-14(23(25,26)27)2-3-16(12)24)7-13(9-29-22)17-4-5-19-30-18(10-33(19)32-17)31-20(35)11-34/h2-7,9-10,34H,8,11H2,1H3,(H,28,36)(H,31,35). The molecule has 0 unspecified atom stereocenters. The van der Waals surface area contributed by atoms with Gasteiger partial charge in [0.2, 0.25) is 5.88 Å². The number of methoxy groups -OCH3 is 1. The van der Waals surface area contributed by atoms with Crippen molar-refractivity contribution in [3.05, 3.63) is 71.3 Å². The van der Waals surface area contributed by atoms with Crippen molar-refractivity contribution in [3.63, 3.8) is 0 Å². The van der Waals surface area contributed by atoms with Crippen LogP contribution in [0.25, 0.3) is 16.9 Å². The van der Waals surface area contributed by atoms with Crippen molar-refractivity contribution in [3.8, 4) is 17.1 Å². The Morgan fingerprint density at radius 3 is 2.65 bits per heavy atom. The van der Waals surface area contributed by atoms with Gasteiger partial charge in [-0.3, -0.25) is 9.59 Å². The Hall–Kier alpha value is -4.59. The molecular weight excluding hydrogens is 500 g/mol. The van der Waals surface area contributed by atoms with Crippen LogP contribution in [0.1, 0.15) is 21.5 Å². The third-order valence-corrected chi connectivity index (χ3v) is 5.13. The lowest BCUT2D eigenvalue weighted by atomic mass is 10.1. The zero-order valence-electron chi connectivity index (χ0n) is 19.0. The highest BCUT2D eigenvalue weighted by Crippen LogP contribution is 2.30. The third-order valence-electron chi connectivity index (χ3n) is 5.13. The van der Waals surface area contributed by atoms with E-state index in [0.29, 0.717) is 35.1 Å². The first-order valence-corrected chi connectivity index (χ1v) is 10.5. The van der Waals surface area contributed by atoms with Gasteiger partial charge in [-0.05, 0) is 36.4 Å². The quantitative estimate of drug-likeness (QED) is 0.321. The largest absolute Gasteiger partial charge is 0.480 e. The molecule has 0 saturated carbocycles. The van der Waals surface area contributed by atoms with Gasteiger partial charge < -0.3 is 20.5 Å². The number of aliphatic hydroxyl groups is 1. The summed E-state index contributed by atoms with van der Waals surface area (Å²) in [6.45, 7) is -1.22. The van der Waals surface area contributed by atoms with Gasteiger partial charge in [-0.15, -0.1) is 0 Å². The van der Waals surface area contributed by atoms with Crippen LogP contribution in [0.4, 0.5) is 23.4 Å². The van der Waals surface area contributed by atoms with E-state index in [4.69, 9.17) is 9.84 Å². The average Bonchev–Trinajstić information content (AvgIpc) is 3.28. The van der Waals surface area contributed by atoms with E-state index in [1.54, 1.807) is 12.1 Å². The number of rotatable bonds is 7. The maximum atomic E-state index is 14.1. The van der Waals surface area contributed by atoms with E-state index in [0.717, 1.165) is 0 Å². The molecule has 192 valence electrons. The van der Waals surface area contributed by atoms with E-state index in [9.17, 15) is 27.2 Å². The van der Waals surface area contributed by atoms with Crippen LogP contribution in [0.5, 0.6) is 5.88 Å². The highest BCUT2D eigenvalue weighted by Gasteiger charge is 2.31. The number of aliphatic hydroxyl groups excluding tert-OH is 1. The molecular formula is C23H18F4N6O4. The summed E-state index contributed by atoms with van der Waals surface area (Å²) in [6, 6.07) is 6.52. The second-order valence-corrected chi connectivity index (χ2v) is 7.62. The summed E-state index contributed by atoms with van der Waals surface area (Å²) in [5.74, 6) is -2.22. The van der Waals surface area contributed by atoms with Gasteiger partial charge >= 0.3 is 6.18 Å². The van der Waals surface area contributed by atoms with Crippen LogP contribution >= 0.6 is 0 Å². The molecule has 0 aliphatic carbocycles. The molecule has 1 aromatic carbocycles. The first-order valence-electron chi connectivity index (χ1n) is 10.5. The fourth-order valence-electron chi connectivity index (χ4n) is 3.35. The molecule has 3 heterocycles. The Kier molecular flexibility index (Phi) is 7.02. The summed E-state index contributed by atoms with van der Waals surface area (Å²) in [5, 5.41) is 18.0. The monoisotopic (exact) mass is 518 g/mol. The van der Waals surface area contributed by atoms with Crippen molar-refractivity contribution >= 4 is 23.3 Å². The lowest BCUT2D eigenvalue weighted by Gasteiger charge is -2.12. The van der Waals surface area contributed by atoms with Gasteiger partial charge in [0.05, 0.1) is 24.6 Å². The van der Waals surface area contributed by atoms with Crippen molar-refractivity contribution in [2.75, 3.05) is 19.0 Å². The van der Waals surface area contributed by atoms with Crippen LogP contribution in [-0.2, 0) is 17.5 Å². The van der Waals surface area contributed by atoms with Gasteiger partial charge in [-0.25, -0.2) is 18.9 Å². The number of fused-ring (bicyclic) bond motifs is 1. The minimum absolute atomic E-state index is 0.0594. The number of ether oxygens (including phenoxy) is 1. The molecule has 2 amide bonds. The Balaban J connectivity index is 1.59. The summed E-state index contributed by atoms with van der Waals surface area (Å²) < 4.78 is 59.4. The van der Waals surface area contributed by atoms with Crippen molar-refractivity contribution in [2.45, 2.75) is 12.7 Å². The SMILES string of the molecule is COc1ncc(-c2ccc3nc(NC(=O)CO)cn3n2)cc1C(=O)NCc1cc(C(F)(F)F)ccc1F. The first kappa shape index (κ1) is 25.5. The van der Waals surface area contributed by atoms with Crippen LogP contribution in [0.15, 0.2) is 48.8 Å². The maximum absolute atomic E-state index is 14.1. The van der Waals surface area contributed by atoms with Gasteiger partial charge in [-0.2, -0.15) is 18.3 Å². The molecule has 14 heteroatoms. The minimum atomic E-state index is -4.66. The molecule has 0 saturated heterocycles. The highest BCUT2D eigenvalue weighted by molar-refractivity contribution is 5.97. The van der Waals surface area contributed by atoms with E-state index in [2.05, 4.69) is 25.7 Å². The lowest BCUT2D eigenvalue weighted by Crippen LogP contribution is -2.24. The smallest absolute Gasteiger partial charge is 0.416 e. The highest BCUT2D eigenvalue weighted by atomic mass is 19.4. The van der Waals surface area contributed by atoms with Crippen molar-refractivity contribution in [1.82, 2.24) is 24.9 Å². The zero-order chi connectivity index (χ0) is 26.7. The molecule has 0 spiro atoms. The zero-order valence-corrected chi connectivity index (χ0v) is 19.0. The van der Waals surface area contributed by atoms with Crippen LogP contribution in [0.3, 0.4) is 0 Å². The normalized spacial score (nSPS) is 11.4. The molecule has 3 N–H and O–H groups in total. The second-order valence-electron chi connectivity index (χ2n) is 7.62. The topological polar surface area (TPSA) is 131 Å². The van der Waals surface area contributed by atoms with Crippen molar-refractivity contribution in [2.24, 2.45) is 0 Å². The van der Waals surface area contributed by atoms with E-state index in [1.807, 2.05) is 0 Å². The van der Waals surface area contributed by atoms with Crippen LogP contribution < -0.4 is 15.4 Å². The molecule has 0 radical (unpaired) electrons. The number of alkyl halides is 3. The molecule has 0 aliphatic heterocycles. The van der Waals surface area contributed by atoms with Crippen molar-refractivity contribution < 1.29 is 37.0 Å². The predicted molar refractivity (Wildman–Crippen MR) is 121 cm³/mol. The van der Waals surface area contributed by atoms with Crippen LogP contribution in [0.2, 0.25) is 0 Å². The molecule has 4 rings (SSSR count). The van der Waals surface area contributed by atoms with E-state index < -0.39 is 42.5 Å². The number of nitrogens with zero attached hydrogens (tertiary/aromatic N) is 4. The maximum Gasteiger partial charge on any atom is 0.416 e. The van der Waals surface area contributed by atoms with E-state index >= 15 is 0 Å². The molecule has 0 aliphatic rings.